The van der Waals surface area contributed by atoms with E-state index in [0.29, 0.717) is 0 Å². The van der Waals surface area contributed by atoms with Gasteiger partial charge in [-0.2, -0.15) is 0 Å². The fraction of sp³-hybridized carbons (Fsp3) is 0.562. The van der Waals surface area contributed by atoms with Crippen LogP contribution >= 0.6 is 0 Å². The highest BCUT2D eigenvalue weighted by Gasteiger charge is 2.21. The van der Waals surface area contributed by atoms with E-state index >= 15 is 0 Å². The Morgan fingerprint density at radius 1 is 1.21 bits per heavy atom. The van der Waals surface area contributed by atoms with Gasteiger partial charge in [-0.3, -0.25) is 9.69 Å². The maximum atomic E-state index is 9.00. The van der Waals surface area contributed by atoms with E-state index in [0.717, 1.165) is 25.3 Å². The third-order valence-electron chi connectivity index (χ3n) is 3.19. The molecular weight excluding hydrogens is 238 g/mol. The number of benzene rings is 1. The summed E-state index contributed by atoms with van der Waals surface area (Å²) in [6.45, 7) is 9.47. The summed E-state index contributed by atoms with van der Waals surface area (Å²) in [5.41, 5.74) is 1.44. The van der Waals surface area contributed by atoms with E-state index in [1.54, 1.807) is 0 Å². The molecule has 1 heterocycles. The molecule has 3 heteroatoms. The molecule has 0 spiro atoms. The molecule has 1 aromatic carbocycles. The first-order valence-electron chi connectivity index (χ1n) is 6.93. The number of carboxylic acids is 1. The molecule has 2 unspecified atom stereocenters. The largest absolute Gasteiger partial charge is 0.481 e. The summed E-state index contributed by atoms with van der Waals surface area (Å²) in [4.78, 5) is 11.6. The number of hydrogen-bond donors (Lipinski definition) is 1. The van der Waals surface area contributed by atoms with Crippen LogP contribution in [0, 0.1) is 11.8 Å². The smallest absolute Gasteiger partial charge is 0.300 e. The van der Waals surface area contributed by atoms with Gasteiger partial charge in [-0.25, -0.2) is 0 Å². The van der Waals surface area contributed by atoms with Crippen LogP contribution in [0.25, 0.3) is 0 Å². The molecule has 0 aliphatic carbocycles. The van der Waals surface area contributed by atoms with Gasteiger partial charge in [-0.05, 0) is 23.8 Å². The fourth-order valence-corrected chi connectivity index (χ4v) is 2.76. The molecule has 2 atom stereocenters. The second-order valence-corrected chi connectivity index (χ2v) is 5.64. The number of rotatable bonds is 2. The number of nitrogens with zero attached hydrogens (tertiary/aromatic N) is 1. The molecule has 1 saturated heterocycles. The highest BCUT2D eigenvalue weighted by atomic mass is 16.4. The molecule has 0 saturated carbocycles. The molecule has 1 aliphatic heterocycles. The third kappa shape index (κ3) is 6.97. The van der Waals surface area contributed by atoms with E-state index in [9.17, 15) is 0 Å². The van der Waals surface area contributed by atoms with Crippen LogP contribution in [0.15, 0.2) is 30.3 Å². The predicted octanol–water partition coefficient (Wildman–Crippen LogP) is 3.26. The summed E-state index contributed by atoms with van der Waals surface area (Å²) in [6, 6.07) is 10.8. The molecule has 1 aromatic rings. The van der Waals surface area contributed by atoms with Crippen molar-refractivity contribution < 1.29 is 9.90 Å². The van der Waals surface area contributed by atoms with Crippen LogP contribution < -0.4 is 0 Å². The Hall–Kier alpha value is -1.35. The van der Waals surface area contributed by atoms with Crippen molar-refractivity contribution in [2.24, 2.45) is 11.8 Å². The van der Waals surface area contributed by atoms with Gasteiger partial charge < -0.3 is 5.11 Å². The van der Waals surface area contributed by atoms with Crippen molar-refractivity contribution in [1.82, 2.24) is 4.90 Å². The molecule has 2 rings (SSSR count). The van der Waals surface area contributed by atoms with Crippen molar-refractivity contribution in [3.8, 4) is 0 Å². The fourth-order valence-electron chi connectivity index (χ4n) is 2.76. The van der Waals surface area contributed by atoms with Crippen molar-refractivity contribution in [3.63, 3.8) is 0 Å². The van der Waals surface area contributed by atoms with E-state index < -0.39 is 5.97 Å². The molecule has 0 aromatic heterocycles. The van der Waals surface area contributed by atoms with Gasteiger partial charge in [0.25, 0.3) is 5.97 Å². The lowest BCUT2D eigenvalue weighted by Gasteiger charge is -2.34. The second-order valence-electron chi connectivity index (χ2n) is 5.64. The number of carbonyl (C=O) groups is 1. The minimum absolute atomic E-state index is 0.833. The average Bonchev–Trinajstić information content (AvgIpc) is 2.28. The first kappa shape index (κ1) is 15.7. The Labute approximate surface area is 116 Å². The molecule has 1 aliphatic rings. The molecular formula is C16H25NO2. The lowest BCUT2D eigenvalue weighted by Crippen LogP contribution is -2.38. The van der Waals surface area contributed by atoms with Crippen molar-refractivity contribution >= 4 is 5.97 Å². The first-order chi connectivity index (χ1) is 8.97. The van der Waals surface area contributed by atoms with Crippen LogP contribution in [0.1, 0.15) is 32.8 Å². The molecule has 3 nitrogen and oxygen atoms in total. The molecule has 0 radical (unpaired) electrons. The topological polar surface area (TPSA) is 40.5 Å². The highest BCUT2D eigenvalue weighted by Crippen LogP contribution is 2.22. The molecule has 19 heavy (non-hydrogen) atoms. The Morgan fingerprint density at radius 3 is 2.16 bits per heavy atom. The van der Waals surface area contributed by atoms with Gasteiger partial charge in [0.1, 0.15) is 0 Å². The Bertz CT molecular complexity index is 364. The van der Waals surface area contributed by atoms with E-state index in [1.807, 2.05) is 0 Å². The summed E-state index contributed by atoms with van der Waals surface area (Å²) in [5.74, 6) is 0.884. The molecule has 0 bridgehead atoms. The lowest BCUT2D eigenvalue weighted by molar-refractivity contribution is -0.134. The molecule has 1 N–H and O–H groups in total. The van der Waals surface area contributed by atoms with Gasteiger partial charge in [0.05, 0.1) is 0 Å². The zero-order valence-corrected chi connectivity index (χ0v) is 12.2. The maximum absolute atomic E-state index is 9.00. The number of aliphatic carboxylic acids is 1. The van der Waals surface area contributed by atoms with E-state index in [1.165, 1.54) is 25.1 Å². The Kier molecular flexibility index (Phi) is 6.57. The van der Waals surface area contributed by atoms with Crippen LogP contribution in [-0.2, 0) is 11.3 Å². The van der Waals surface area contributed by atoms with Crippen LogP contribution in [0.4, 0.5) is 0 Å². The normalized spacial score (nSPS) is 23.3. The number of piperidine rings is 1. The van der Waals surface area contributed by atoms with E-state index in [4.69, 9.17) is 9.90 Å². The lowest BCUT2D eigenvalue weighted by atomic mass is 9.91. The average molecular weight is 263 g/mol. The van der Waals surface area contributed by atoms with Crippen molar-refractivity contribution in [1.29, 1.82) is 0 Å². The van der Waals surface area contributed by atoms with E-state index in [-0.39, 0.29) is 0 Å². The van der Waals surface area contributed by atoms with Crippen LogP contribution in [0.5, 0.6) is 0 Å². The van der Waals surface area contributed by atoms with Gasteiger partial charge in [0, 0.05) is 26.6 Å². The van der Waals surface area contributed by atoms with Crippen molar-refractivity contribution in [2.75, 3.05) is 13.1 Å². The second kappa shape index (κ2) is 7.95. The van der Waals surface area contributed by atoms with Crippen LogP contribution in [0.3, 0.4) is 0 Å². The zero-order chi connectivity index (χ0) is 14.3. The summed E-state index contributed by atoms with van der Waals surface area (Å²) in [6.07, 6.45) is 1.39. The minimum Gasteiger partial charge on any atom is -0.481 e. The van der Waals surface area contributed by atoms with Gasteiger partial charge in [-0.1, -0.05) is 44.2 Å². The molecule has 0 amide bonds. The summed E-state index contributed by atoms with van der Waals surface area (Å²) in [7, 11) is 0. The first-order valence-corrected chi connectivity index (χ1v) is 6.93. The number of likely N-dealkylation sites (tertiary alicyclic amines) is 1. The third-order valence-corrected chi connectivity index (χ3v) is 3.19. The van der Waals surface area contributed by atoms with Crippen molar-refractivity contribution in [2.45, 2.75) is 33.7 Å². The molecule has 106 valence electrons. The molecule has 1 fully saturated rings. The van der Waals surface area contributed by atoms with Gasteiger partial charge in [-0.15, -0.1) is 0 Å². The predicted molar refractivity (Wildman–Crippen MR) is 78.0 cm³/mol. The van der Waals surface area contributed by atoms with Gasteiger partial charge >= 0.3 is 0 Å². The number of carboxylic acid groups (broad SMARTS) is 1. The van der Waals surface area contributed by atoms with E-state index in [2.05, 4.69) is 49.1 Å². The Balaban J connectivity index is 0.000000399. The summed E-state index contributed by atoms with van der Waals surface area (Å²) in [5, 5.41) is 7.42. The zero-order valence-electron chi connectivity index (χ0n) is 12.2. The SMILES string of the molecule is CC(=O)O.CC1CC(C)CN(Cc2ccccc2)C1. The Morgan fingerprint density at radius 2 is 1.68 bits per heavy atom. The van der Waals surface area contributed by atoms with Crippen LogP contribution in [-0.4, -0.2) is 29.1 Å². The van der Waals surface area contributed by atoms with Gasteiger partial charge in [0.15, 0.2) is 0 Å². The quantitative estimate of drug-likeness (QED) is 0.890. The van der Waals surface area contributed by atoms with Gasteiger partial charge in [0.2, 0.25) is 0 Å². The maximum Gasteiger partial charge on any atom is 0.300 e. The summed E-state index contributed by atoms with van der Waals surface area (Å²) >= 11 is 0. The number of hydrogen-bond acceptors (Lipinski definition) is 2. The van der Waals surface area contributed by atoms with Crippen LogP contribution in [0.2, 0.25) is 0 Å². The standard InChI is InChI=1S/C14H21N.C2H4O2/c1-12-8-13(2)10-15(9-12)11-14-6-4-3-5-7-14;1-2(3)4/h3-7,12-13H,8-11H2,1-2H3;1H3,(H,3,4). The highest BCUT2D eigenvalue weighted by molar-refractivity contribution is 5.62. The van der Waals surface area contributed by atoms with Crippen molar-refractivity contribution in [3.05, 3.63) is 35.9 Å². The monoisotopic (exact) mass is 263 g/mol. The minimum atomic E-state index is -0.833. The summed E-state index contributed by atoms with van der Waals surface area (Å²) < 4.78 is 0.